The monoisotopic (exact) mass is 287 g/mol. The maximum Gasteiger partial charge on any atom is 0.190 e. The van der Waals surface area contributed by atoms with Crippen LogP contribution in [0.5, 0.6) is 0 Å². The van der Waals surface area contributed by atoms with E-state index in [2.05, 4.69) is 15.6 Å². The predicted molar refractivity (Wildman–Crippen MR) is 74.2 cm³/mol. The second-order valence-corrected chi connectivity index (χ2v) is 6.30. The summed E-state index contributed by atoms with van der Waals surface area (Å²) in [5.74, 6) is 0.0469. The molecule has 0 aromatic heterocycles. The largest absolute Gasteiger partial charge is 0.359 e. The first-order chi connectivity index (χ1) is 8.85. The van der Waals surface area contributed by atoms with Gasteiger partial charge in [0.05, 0.1) is 5.75 Å². The topological polar surface area (TPSA) is 70.6 Å². The van der Waals surface area contributed by atoms with Crippen LogP contribution in [-0.2, 0) is 22.1 Å². The first kappa shape index (κ1) is 15.4. The van der Waals surface area contributed by atoms with Crippen LogP contribution >= 0.6 is 0 Å². The normalized spacial score (nSPS) is 12.3. The Bertz CT molecular complexity index is 570. The number of hydrogen-bond acceptors (Lipinski definition) is 3. The highest BCUT2D eigenvalue weighted by Gasteiger charge is 2.10. The van der Waals surface area contributed by atoms with Crippen LogP contribution in [0.25, 0.3) is 0 Å². The van der Waals surface area contributed by atoms with E-state index >= 15 is 0 Å². The molecule has 0 aliphatic heterocycles. The van der Waals surface area contributed by atoms with Gasteiger partial charge in [0, 0.05) is 26.9 Å². The number of benzene rings is 1. The zero-order valence-electron chi connectivity index (χ0n) is 11.2. The van der Waals surface area contributed by atoms with Crippen LogP contribution < -0.4 is 10.6 Å². The average molecular weight is 287 g/mol. The highest BCUT2D eigenvalue weighted by Crippen LogP contribution is 2.14. The molecule has 0 aliphatic rings. The molecular formula is C12H18FN3O2S. The Morgan fingerprint density at radius 1 is 1.37 bits per heavy atom. The molecular weight excluding hydrogens is 269 g/mol. The minimum atomic E-state index is -3.16. The van der Waals surface area contributed by atoms with E-state index in [-0.39, 0.29) is 5.75 Å². The van der Waals surface area contributed by atoms with Gasteiger partial charge >= 0.3 is 0 Å². The van der Waals surface area contributed by atoms with E-state index in [0.29, 0.717) is 23.6 Å². The number of hydrogen-bond donors (Lipinski definition) is 2. The molecule has 0 bridgehead atoms. The van der Waals surface area contributed by atoms with Crippen LogP contribution in [0.15, 0.2) is 23.2 Å². The SMILES string of the molecule is CN=C(NC)NCc1cc(F)ccc1CS(C)(=O)=O. The summed E-state index contributed by atoms with van der Waals surface area (Å²) in [7, 11) is 0.161. The van der Waals surface area contributed by atoms with Crippen LogP contribution in [-0.4, -0.2) is 34.7 Å². The van der Waals surface area contributed by atoms with Gasteiger partial charge in [-0.25, -0.2) is 12.8 Å². The second kappa shape index (κ2) is 6.51. The van der Waals surface area contributed by atoms with E-state index in [9.17, 15) is 12.8 Å². The summed E-state index contributed by atoms with van der Waals surface area (Å²) in [4.78, 5) is 3.93. The lowest BCUT2D eigenvalue weighted by Gasteiger charge is -2.12. The molecule has 106 valence electrons. The lowest BCUT2D eigenvalue weighted by Crippen LogP contribution is -2.34. The van der Waals surface area contributed by atoms with Crippen LogP contribution in [0.2, 0.25) is 0 Å². The van der Waals surface area contributed by atoms with Gasteiger partial charge < -0.3 is 10.6 Å². The third-order valence-electron chi connectivity index (χ3n) is 2.49. The molecule has 0 heterocycles. The molecule has 0 aliphatic carbocycles. The van der Waals surface area contributed by atoms with Crippen molar-refractivity contribution in [1.29, 1.82) is 0 Å². The van der Waals surface area contributed by atoms with Gasteiger partial charge in [0.25, 0.3) is 0 Å². The summed E-state index contributed by atoms with van der Waals surface area (Å²) in [6.07, 6.45) is 1.15. The second-order valence-electron chi connectivity index (χ2n) is 4.16. The van der Waals surface area contributed by atoms with Crippen LogP contribution in [0.4, 0.5) is 4.39 Å². The summed E-state index contributed by atoms with van der Waals surface area (Å²) in [6, 6.07) is 4.09. The van der Waals surface area contributed by atoms with Gasteiger partial charge in [0.1, 0.15) is 5.82 Å². The van der Waals surface area contributed by atoms with Crippen molar-refractivity contribution < 1.29 is 12.8 Å². The zero-order chi connectivity index (χ0) is 14.5. The third kappa shape index (κ3) is 5.25. The summed E-state index contributed by atoms with van der Waals surface area (Å²) in [6.45, 7) is 0.302. The van der Waals surface area contributed by atoms with Crippen molar-refractivity contribution in [2.45, 2.75) is 12.3 Å². The molecule has 0 unspecified atom stereocenters. The van der Waals surface area contributed by atoms with Crippen molar-refractivity contribution in [1.82, 2.24) is 10.6 Å². The van der Waals surface area contributed by atoms with Crippen molar-refractivity contribution in [2.24, 2.45) is 4.99 Å². The Kier molecular flexibility index (Phi) is 5.29. The van der Waals surface area contributed by atoms with E-state index in [4.69, 9.17) is 0 Å². The van der Waals surface area contributed by atoms with Gasteiger partial charge in [-0.1, -0.05) is 6.07 Å². The molecule has 0 fully saturated rings. The molecule has 0 atom stereocenters. The molecule has 0 amide bonds. The van der Waals surface area contributed by atoms with Crippen molar-refractivity contribution in [3.05, 3.63) is 35.1 Å². The number of aliphatic imine (C=N–C) groups is 1. The fourth-order valence-electron chi connectivity index (χ4n) is 1.64. The summed E-state index contributed by atoms with van der Waals surface area (Å²) < 4.78 is 35.9. The predicted octanol–water partition coefficient (Wildman–Crippen LogP) is 0.665. The number of rotatable bonds is 4. The zero-order valence-corrected chi connectivity index (χ0v) is 12.0. The molecule has 7 heteroatoms. The van der Waals surface area contributed by atoms with Gasteiger partial charge in [0.15, 0.2) is 15.8 Å². The van der Waals surface area contributed by atoms with E-state index in [1.807, 2.05) is 0 Å². The molecule has 0 radical (unpaired) electrons. The van der Waals surface area contributed by atoms with Gasteiger partial charge in [-0.05, 0) is 23.3 Å². The lowest BCUT2D eigenvalue weighted by molar-refractivity contribution is 0.599. The highest BCUT2D eigenvalue weighted by molar-refractivity contribution is 7.89. The number of nitrogens with one attached hydrogen (secondary N) is 2. The molecule has 1 rings (SSSR count). The number of nitrogens with zero attached hydrogens (tertiary/aromatic N) is 1. The maximum atomic E-state index is 13.2. The van der Waals surface area contributed by atoms with Gasteiger partial charge in [-0.15, -0.1) is 0 Å². The van der Waals surface area contributed by atoms with E-state index < -0.39 is 15.7 Å². The van der Waals surface area contributed by atoms with E-state index in [1.165, 1.54) is 18.2 Å². The number of sulfone groups is 1. The summed E-state index contributed by atoms with van der Waals surface area (Å²) in [5, 5.41) is 5.80. The van der Waals surface area contributed by atoms with Crippen molar-refractivity contribution in [2.75, 3.05) is 20.4 Å². The average Bonchev–Trinajstić information content (AvgIpc) is 2.32. The van der Waals surface area contributed by atoms with Gasteiger partial charge in [-0.2, -0.15) is 0 Å². The number of halogens is 1. The number of guanidine groups is 1. The van der Waals surface area contributed by atoms with Gasteiger partial charge in [0.2, 0.25) is 0 Å². The Hall–Kier alpha value is -1.63. The smallest absolute Gasteiger partial charge is 0.190 e. The Balaban J connectivity index is 2.94. The fraction of sp³-hybridized carbons (Fsp3) is 0.417. The summed E-state index contributed by atoms with van der Waals surface area (Å²) in [5.41, 5.74) is 1.18. The molecule has 19 heavy (non-hydrogen) atoms. The molecule has 5 nitrogen and oxygen atoms in total. The van der Waals surface area contributed by atoms with Crippen molar-refractivity contribution in [3.8, 4) is 0 Å². The fourth-order valence-corrected chi connectivity index (χ4v) is 2.49. The third-order valence-corrected chi connectivity index (χ3v) is 3.33. The van der Waals surface area contributed by atoms with E-state index in [0.717, 1.165) is 6.26 Å². The standard InChI is InChI=1S/C12H18FN3O2S/c1-14-12(15-2)16-7-10-6-11(13)5-4-9(10)8-19(3,17)18/h4-6H,7-8H2,1-3H3,(H2,14,15,16). The minimum absolute atomic E-state index is 0.109. The molecule has 1 aromatic rings. The molecule has 0 saturated carbocycles. The molecule has 0 saturated heterocycles. The molecule has 2 N–H and O–H groups in total. The lowest BCUT2D eigenvalue weighted by atomic mass is 10.1. The van der Waals surface area contributed by atoms with Gasteiger partial charge in [-0.3, -0.25) is 4.99 Å². The summed E-state index contributed by atoms with van der Waals surface area (Å²) >= 11 is 0. The van der Waals surface area contributed by atoms with Crippen LogP contribution in [0.1, 0.15) is 11.1 Å². The Morgan fingerprint density at radius 3 is 2.58 bits per heavy atom. The van der Waals surface area contributed by atoms with Crippen LogP contribution in [0, 0.1) is 5.82 Å². The minimum Gasteiger partial charge on any atom is -0.359 e. The molecule has 0 spiro atoms. The maximum absolute atomic E-state index is 13.2. The first-order valence-corrected chi connectivity index (χ1v) is 7.75. The van der Waals surface area contributed by atoms with Crippen molar-refractivity contribution in [3.63, 3.8) is 0 Å². The quantitative estimate of drug-likeness (QED) is 0.630. The van der Waals surface area contributed by atoms with Crippen molar-refractivity contribution >= 4 is 15.8 Å². The highest BCUT2D eigenvalue weighted by atomic mass is 32.2. The van der Waals surface area contributed by atoms with E-state index in [1.54, 1.807) is 14.1 Å². The Morgan fingerprint density at radius 2 is 2.05 bits per heavy atom. The van der Waals surface area contributed by atoms with Crippen LogP contribution in [0.3, 0.4) is 0 Å². The molecule has 1 aromatic carbocycles. The first-order valence-electron chi connectivity index (χ1n) is 5.69. The Labute approximate surface area is 112 Å².